The Labute approximate surface area is 183 Å². The molecule has 0 saturated carbocycles. The highest BCUT2D eigenvalue weighted by Crippen LogP contribution is 2.24. The average Bonchev–Trinajstić information content (AvgIpc) is 2.82. The third-order valence-corrected chi connectivity index (χ3v) is 4.93. The molecule has 0 N–H and O–H groups in total. The third kappa shape index (κ3) is 6.73. The molecule has 0 amide bonds. The van der Waals surface area contributed by atoms with Crippen molar-refractivity contribution in [2.24, 2.45) is 0 Å². The highest BCUT2D eigenvalue weighted by molar-refractivity contribution is 6.16. The van der Waals surface area contributed by atoms with Gasteiger partial charge in [-0.05, 0) is 23.3 Å². The van der Waals surface area contributed by atoms with Crippen LogP contribution in [0.1, 0.15) is 11.1 Å². The van der Waals surface area contributed by atoms with Gasteiger partial charge in [-0.25, -0.2) is 4.79 Å². The lowest BCUT2D eigenvalue weighted by Gasteiger charge is -2.26. The number of carbonyl (C=O) groups is 1. The molecule has 3 rings (SSSR count). The van der Waals surface area contributed by atoms with Crippen molar-refractivity contribution < 1.29 is 28.5 Å². The zero-order valence-corrected chi connectivity index (χ0v) is 18.0. The van der Waals surface area contributed by atoms with E-state index < -0.39 is 5.97 Å². The summed E-state index contributed by atoms with van der Waals surface area (Å²) in [7, 11) is 2.84. The van der Waals surface area contributed by atoms with Crippen molar-refractivity contribution in [2.75, 3.05) is 53.7 Å². The molecule has 0 aliphatic carbocycles. The van der Waals surface area contributed by atoms with E-state index in [0.717, 1.165) is 44.2 Å². The van der Waals surface area contributed by atoms with Gasteiger partial charge in [0.2, 0.25) is 0 Å². The second kappa shape index (κ2) is 12.0. The lowest BCUT2D eigenvalue weighted by Crippen LogP contribution is -2.38. The van der Waals surface area contributed by atoms with Gasteiger partial charge < -0.3 is 23.7 Å². The fraction of sp³-hybridized carbons (Fsp3) is 0.375. The van der Waals surface area contributed by atoms with Crippen LogP contribution < -0.4 is 9.47 Å². The molecule has 31 heavy (non-hydrogen) atoms. The van der Waals surface area contributed by atoms with Crippen molar-refractivity contribution in [3.8, 4) is 11.5 Å². The lowest BCUT2D eigenvalue weighted by atomic mass is 10.0. The van der Waals surface area contributed by atoms with E-state index in [2.05, 4.69) is 4.90 Å². The summed E-state index contributed by atoms with van der Waals surface area (Å²) in [5.41, 5.74) is 1.88. The Morgan fingerprint density at radius 1 is 1.03 bits per heavy atom. The van der Waals surface area contributed by atoms with E-state index >= 15 is 0 Å². The normalized spacial score (nSPS) is 14.7. The summed E-state index contributed by atoms with van der Waals surface area (Å²) in [6.07, 6.45) is 1.38. The summed E-state index contributed by atoms with van der Waals surface area (Å²) in [5, 5.41) is 0. The Morgan fingerprint density at radius 3 is 2.52 bits per heavy atom. The van der Waals surface area contributed by atoms with E-state index in [1.165, 1.54) is 20.5 Å². The quantitative estimate of drug-likeness (QED) is 0.328. The van der Waals surface area contributed by atoms with Gasteiger partial charge in [0.1, 0.15) is 30.3 Å². The van der Waals surface area contributed by atoms with Gasteiger partial charge in [-0.2, -0.15) is 0 Å². The molecule has 166 valence electrons. The number of methoxy groups -OCH3 is 2. The molecule has 1 heterocycles. The van der Waals surface area contributed by atoms with E-state index in [0.29, 0.717) is 23.5 Å². The van der Waals surface area contributed by atoms with Gasteiger partial charge >= 0.3 is 5.97 Å². The van der Waals surface area contributed by atoms with Crippen LogP contribution in [-0.2, 0) is 25.6 Å². The summed E-state index contributed by atoms with van der Waals surface area (Å²) < 4.78 is 27.2. The van der Waals surface area contributed by atoms with Crippen LogP contribution in [0.15, 0.2) is 54.8 Å². The van der Waals surface area contributed by atoms with E-state index in [9.17, 15) is 4.79 Å². The standard InChI is InChI=1S/C24H29NO6/c1-27-18-23(24(26)28-2)22-9-4-3-6-19(22)17-31-21-8-5-7-20(16-21)30-15-12-25-10-13-29-14-11-25/h3-9,16,18H,10-15,17H2,1-2H3/b23-18-. The molecule has 1 saturated heterocycles. The molecule has 0 radical (unpaired) electrons. The Balaban J connectivity index is 1.61. The van der Waals surface area contributed by atoms with Crippen LogP contribution in [0.2, 0.25) is 0 Å². The molecule has 0 bridgehead atoms. The Morgan fingerprint density at radius 2 is 1.77 bits per heavy atom. The van der Waals surface area contributed by atoms with Crippen LogP contribution in [0.5, 0.6) is 11.5 Å². The van der Waals surface area contributed by atoms with E-state index in [1.54, 1.807) is 0 Å². The second-order valence-electron chi connectivity index (χ2n) is 6.98. The number of nitrogens with zero attached hydrogens (tertiary/aromatic N) is 1. The third-order valence-electron chi connectivity index (χ3n) is 4.93. The minimum atomic E-state index is -0.468. The van der Waals surface area contributed by atoms with Gasteiger partial charge in [-0.3, -0.25) is 4.90 Å². The van der Waals surface area contributed by atoms with Gasteiger partial charge in [-0.15, -0.1) is 0 Å². The van der Waals surface area contributed by atoms with Crippen molar-refractivity contribution in [1.82, 2.24) is 4.90 Å². The smallest absolute Gasteiger partial charge is 0.341 e. The topological polar surface area (TPSA) is 66.5 Å². The Kier molecular flexibility index (Phi) is 8.75. The predicted molar refractivity (Wildman–Crippen MR) is 117 cm³/mol. The zero-order valence-electron chi connectivity index (χ0n) is 18.0. The molecule has 2 aromatic carbocycles. The maximum atomic E-state index is 12.1. The first-order valence-electron chi connectivity index (χ1n) is 10.3. The zero-order chi connectivity index (χ0) is 21.9. The van der Waals surface area contributed by atoms with Crippen molar-refractivity contribution in [3.63, 3.8) is 0 Å². The number of carbonyl (C=O) groups excluding carboxylic acids is 1. The minimum absolute atomic E-state index is 0.283. The number of hydrogen-bond donors (Lipinski definition) is 0. The van der Waals surface area contributed by atoms with E-state index in [4.69, 9.17) is 23.7 Å². The molecule has 0 aromatic heterocycles. The first kappa shape index (κ1) is 22.7. The first-order chi connectivity index (χ1) is 15.2. The molecule has 0 atom stereocenters. The molecule has 7 nitrogen and oxygen atoms in total. The minimum Gasteiger partial charge on any atom is -0.503 e. The average molecular weight is 427 g/mol. The maximum absolute atomic E-state index is 12.1. The second-order valence-corrected chi connectivity index (χ2v) is 6.98. The van der Waals surface area contributed by atoms with Crippen molar-refractivity contribution in [2.45, 2.75) is 6.61 Å². The van der Waals surface area contributed by atoms with Crippen LogP contribution in [0.4, 0.5) is 0 Å². The molecule has 1 fully saturated rings. The van der Waals surface area contributed by atoms with Gasteiger partial charge in [0.05, 0.1) is 33.7 Å². The number of ether oxygens (including phenoxy) is 5. The first-order valence-corrected chi connectivity index (χ1v) is 10.3. The molecule has 1 aliphatic rings. The SMILES string of the molecule is CO/C=C(\C(=O)OC)c1ccccc1COc1cccc(OCCN2CCOCC2)c1. The van der Waals surface area contributed by atoms with Crippen molar-refractivity contribution in [3.05, 3.63) is 65.9 Å². The largest absolute Gasteiger partial charge is 0.503 e. The van der Waals surface area contributed by atoms with Crippen molar-refractivity contribution in [1.29, 1.82) is 0 Å². The molecule has 2 aromatic rings. The number of benzene rings is 2. The van der Waals surface area contributed by atoms with Crippen molar-refractivity contribution >= 4 is 11.5 Å². The molecule has 0 unspecified atom stereocenters. The number of rotatable bonds is 10. The lowest BCUT2D eigenvalue weighted by molar-refractivity contribution is -0.133. The van der Waals surface area contributed by atoms with Gasteiger partial charge in [-0.1, -0.05) is 30.3 Å². The van der Waals surface area contributed by atoms with Crippen LogP contribution in [0.3, 0.4) is 0 Å². The van der Waals surface area contributed by atoms with E-state index in [1.807, 2.05) is 48.5 Å². The highest BCUT2D eigenvalue weighted by Gasteiger charge is 2.17. The fourth-order valence-electron chi connectivity index (χ4n) is 3.29. The molecule has 0 spiro atoms. The summed E-state index contributed by atoms with van der Waals surface area (Å²) in [4.78, 5) is 14.5. The summed E-state index contributed by atoms with van der Waals surface area (Å²) in [5.74, 6) is 0.979. The number of morpholine rings is 1. The van der Waals surface area contributed by atoms with Gasteiger partial charge in [0.25, 0.3) is 0 Å². The monoisotopic (exact) mass is 427 g/mol. The van der Waals surface area contributed by atoms with Crippen LogP contribution in [0, 0.1) is 0 Å². The van der Waals surface area contributed by atoms with Crippen LogP contribution in [0.25, 0.3) is 5.57 Å². The van der Waals surface area contributed by atoms with Crippen LogP contribution in [-0.4, -0.2) is 64.5 Å². The predicted octanol–water partition coefficient (Wildman–Crippen LogP) is 3.14. The summed E-state index contributed by atoms with van der Waals surface area (Å²) >= 11 is 0. The van der Waals surface area contributed by atoms with Gasteiger partial charge in [0.15, 0.2) is 0 Å². The van der Waals surface area contributed by atoms with E-state index in [-0.39, 0.29) is 6.61 Å². The fourth-order valence-corrected chi connectivity index (χ4v) is 3.29. The molecular weight excluding hydrogens is 398 g/mol. The molecule has 7 heteroatoms. The molecular formula is C24H29NO6. The Hall–Kier alpha value is -3.03. The maximum Gasteiger partial charge on any atom is 0.341 e. The number of hydrogen-bond acceptors (Lipinski definition) is 7. The highest BCUT2D eigenvalue weighted by atomic mass is 16.5. The summed E-state index contributed by atoms with van der Waals surface area (Å²) in [6.45, 7) is 5.20. The molecule has 1 aliphatic heterocycles. The number of esters is 1. The van der Waals surface area contributed by atoms with Gasteiger partial charge in [0, 0.05) is 25.7 Å². The summed E-state index contributed by atoms with van der Waals surface area (Å²) in [6, 6.07) is 15.1. The Bertz CT molecular complexity index is 876. The van der Waals surface area contributed by atoms with Crippen LogP contribution >= 0.6 is 0 Å².